The quantitative estimate of drug-likeness (QED) is 0.552. The number of rotatable bonds is 2. The molecule has 0 saturated carbocycles. The summed E-state index contributed by atoms with van der Waals surface area (Å²) in [4.78, 5) is 24.7. The monoisotopic (exact) mass is 185 g/mol. The van der Waals surface area contributed by atoms with Gasteiger partial charge in [-0.25, -0.2) is 4.79 Å². The van der Waals surface area contributed by atoms with Crippen molar-refractivity contribution in [2.75, 3.05) is 0 Å². The van der Waals surface area contributed by atoms with Crippen LogP contribution in [0.5, 0.6) is 0 Å². The molecule has 1 rings (SSSR count). The van der Waals surface area contributed by atoms with E-state index in [4.69, 9.17) is 16.7 Å². The molecule has 0 aliphatic rings. The largest absolute Gasteiger partial charge is 0.475 e. The van der Waals surface area contributed by atoms with Crippen molar-refractivity contribution in [3.63, 3.8) is 0 Å². The van der Waals surface area contributed by atoms with Crippen molar-refractivity contribution >= 4 is 23.4 Å². The minimum atomic E-state index is -1.52. The van der Waals surface area contributed by atoms with E-state index in [0.717, 1.165) is 0 Å². The fourth-order valence-electron chi connectivity index (χ4n) is 0.675. The molecule has 0 radical (unpaired) electrons. The third-order valence-corrected chi connectivity index (χ3v) is 1.51. The van der Waals surface area contributed by atoms with Crippen LogP contribution in [0.4, 0.5) is 0 Å². The number of aliphatic carboxylic acids is 1. The number of hydrogen-bond donors (Lipinski definition) is 1. The first-order valence-electron chi connectivity index (χ1n) is 3.00. The summed E-state index contributed by atoms with van der Waals surface area (Å²) >= 11 is 5.52. The molecule has 1 heterocycles. The number of carboxylic acid groups (broad SMARTS) is 1. The number of carbonyl (C=O) groups excluding carboxylic acids is 1. The van der Waals surface area contributed by atoms with E-state index in [2.05, 4.69) is 4.98 Å². The third kappa shape index (κ3) is 1.60. The van der Waals surface area contributed by atoms with Gasteiger partial charge in [-0.05, 0) is 6.07 Å². The average Bonchev–Trinajstić information content (AvgIpc) is 2.04. The molecule has 0 aliphatic heterocycles. The van der Waals surface area contributed by atoms with Gasteiger partial charge in [0.05, 0.1) is 10.6 Å². The minimum absolute atomic E-state index is 0.0424. The number of carbonyl (C=O) groups is 2. The van der Waals surface area contributed by atoms with Gasteiger partial charge in [0.25, 0.3) is 5.78 Å². The highest BCUT2D eigenvalue weighted by Crippen LogP contribution is 2.13. The van der Waals surface area contributed by atoms with Crippen LogP contribution in [0.2, 0.25) is 5.02 Å². The summed E-state index contributed by atoms with van der Waals surface area (Å²) in [6.07, 6.45) is 2.53. The fourth-order valence-corrected chi connectivity index (χ4v) is 0.880. The standard InChI is InChI=1S/C7H4ClNO3/c8-5-3-9-2-1-4(5)6(10)7(11)12/h1-3H,(H,11,12). The molecule has 0 aromatic carbocycles. The van der Waals surface area contributed by atoms with E-state index in [1.165, 1.54) is 18.5 Å². The highest BCUT2D eigenvalue weighted by atomic mass is 35.5. The van der Waals surface area contributed by atoms with Crippen LogP contribution in [0, 0.1) is 0 Å². The van der Waals surface area contributed by atoms with E-state index in [-0.39, 0.29) is 10.6 Å². The zero-order valence-electron chi connectivity index (χ0n) is 5.82. The van der Waals surface area contributed by atoms with Gasteiger partial charge in [-0.15, -0.1) is 0 Å². The summed E-state index contributed by atoms with van der Waals surface area (Å²) in [6.45, 7) is 0. The first-order valence-corrected chi connectivity index (χ1v) is 3.38. The highest BCUT2D eigenvalue weighted by molar-refractivity contribution is 6.44. The van der Waals surface area contributed by atoms with Crippen molar-refractivity contribution in [1.29, 1.82) is 0 Å². The molecule has 12 heavy (non-hydrogen) atoms. The van der Waals surface area contributed by atoms with Crippen molar-refractivity contribution in [2.24, 2.45) is 0 Å². The summed E-state index contributed by atoms with van der Waals surface area (Å²) in [5.41, 5.74) is -0.0424. The number of Topliss-reactive ketones (excluding diaryl/α,β-unsaturated/α-hetero) is 1. The number of nitrogens with zero attached hydrogens (tertiary/aromatic N) is 1. The molecule has 0 amide bonds. The Labute approximate surface area is 72.8 Å². The zero-order valence-corrected chi connectivity index (χ0v) is 6.58. The molecule has 5 heteroatoms. The van der Waals surface area contributed by atoms with Gasteiger partial charge in [0, 0.05) is 12.4 Å². The Hall–Kier alpha value is -1.42. The van der Waals surface area contributed by atoms with E-state index in [9.17, 15) is 9.59 Å². The lowest BCUT2D eigenvalue weighted by molar-refractivity contribution is -0.131. The molecule has 0 bridgehead atoms. The molecule has 0 spiro atoms. The van der Waals surface area contributed by atoms with Crippen LogP contribution >= 0.6 is 11.6 Å². The van der Waals surface area contributed by atoms with Crippen molar-refractivity contribution in [3.8, 4) is 0 Å². The lowest BCUT2D eigenvalue weighted by Crippen LogP contribution is -2.13. The van der Waals surface area contributed by atoms with Gasteiger partial charge in [0.15, 0.2) is 0 Å². The Kier molecular flexibility index (Phi) is 2.40. The second-order valence-electron chi connectivity index (χ2n) is 1.99. The average molecular weight is 186 g/mol. The smallest absolute Gasteiger partial charge is 0.377 e. The van der Waals surface area contributed by atoms with E-state index >= 15 is 0 Å². The van der Waals surface area contributed by atoms with Gasteiger partial charge < -0.3 is 5.11 Å². The number of pyridine rings is 1. The lowest BCUT2D eigenvalue weighted by atomic mass is 10.2. The van der Waals surface area contributed by atoms with Gasteiger partial charge in [0.1, 0.15) is 0 Å². The van der Waals surface area contributed by atoms with E-state index in [1.807, 2.05) is 0 Å². The van der Waals surface area contributed by atoms with Gasteiger partial charge in [-0.1, -0.05) is 11.6 Å². The van der Waals surface area contributed by atoms with Crippen molar-refractivity contribution in [2.45, 2.75) is 0 Å². The zero-order chi connectivity index (χ0) is 9.14. The van der Waals surface area contributed by atoms with Crippen molar-refractivity contribution in [1.82, 2.24) is 4.98 Å². The molecule has 0 atom stereocenters. The molecule has 1 aromatic heterocycles. The van der Waals surface area contributed by atoms with Crippen molar-refractivity contribution in [3.05, 3.63) is 29.0 Å². The topological polar surface area (TPSA) is 67.3 Å². The molecule has 0 saturated heterocycles. The normalized spacial score (nSPS) is 9.42. The van der Waals surface area contributed by atoms with E-state index in [0.29, 0.717) is 0 Å². The number of carboxylic acids is 1. The predicted octanol–water partition coefficient (Wildman–Crippen LogP) is 1.00. The van der Waals surface area contributed by atoms with Crippen LogP contribution in [0.3, 0.4) is 0 Å². The number of hydrogen-bond acceptors (Lipinski definition) is 3. The van der Waals surface area contributed by atoms with Crippen LogP contribution in [0.1, 0.15) is 10.4 Å². The summed E-state index contributed by atoms with van der Waals surface area (Å²) < 4.78 is 0. The Morgan fingerprint density at radius 1 is 1.50 bits per heavy atom. The van der Waals surface area contributed by atoms with Gasteiger partial charge in [-0.2, -0.15) is 0 Å². The Morgan fingerprint density at radius 3 is 2.67 bits per heavy atom. The van der Waals surface area contributed by atoms with Gasteiger partial charge in [-0.3, -0.25) is 9.78 Å². The molecule has 0 unspecified atom stereocenters. The Balaban J connectivity index is 3.11. The molecule has 62 valence electrons. The number of aromatic nitrogens is 1. The maximum Gasteiger partial charge on any atom is 0.377 e. The maximum atomic E-state index is 10.9. The number of ketones is 1. The number of halogens is 1. The molecular formula is C7H4ClNO3. The predicted molar refractivity (Wildman–Crippen MR) is 41.2 cm³/mol. The van der Waals surface area contributed by atoms with Crippen LogP contribution in [-0.2, 0) is 4.79 Å². The summed E-state index contributed by atoms with van der Waals surface area (Å²) in [5, 5.41) is 8.38. The SMILES string of the molecule is O=C(O)C(=O)c1ccncc1Cl. The summed E-state index contributed by atoms with van der Waals surface area (Å²) in [5.74, 6) is -2.55. The summed E-state index contributed by atoms with van der Waals surface area (Å²) in [6, 6.07) is 1.26. The van der Waals surface area contributed by atoms with E-state index < -0.39 is 11.8 Å². The lowest BCUT2D eigenvalue weighted by Gasteiger charge is -1.96. The Bertz CT molecular complexity index is 337. The molecule has 1 N–H and O–H groups in total. The molecular weight excluding hydrogens is 182 g/mol. The van der Waals surface area contributed by atoms with Crippen molar-refractivity contribution < 1.29 is 14.7 Å². The second-order valence-corrected chi connectivity index (χ2v) is 2.40. The van der Waals surface area contributed by atoms with Crippen LogP contribution in [-0.4, -0.2) is 21.8 Å². The van der Waals surface area contributed by atoms with Crippen LogP contribution < -0.4 is 0 Å². The molecule has 0 aliphatic carbocycles. The summed E-state index contributed by atoms with van der Waals surface area (Å²) in [7, 11) is 0. The fraction of sp³-hybridized carbons (Fsp3) is 0. The first kappa shape index (κ1) is 8.67. The van der Waals surface area contributed by atoms with Crippen LogP contribution in [0.25, 0.3) is 0 Å². The highest BCUT2D eigenvalue weighted by Gasteiger charge is 2.16. The second kappa shape index (κ2) is 3.32. The van der Waals surface area contributed by atoms with Crippen LogP contribution in [0.15, 0.2) is 18.5 Å². The molecule has 4 nitrogen and oxygen atoms in total. The molecule has 0 fully saturated rings. The van der Waals surface area contributed by atoms with E-state index in [1.54, 1.807) is 0 Å². The Morgan fingerprint density at radius 2 is 2.17 bits per heavy atom. The van der Waals surface area contributed by atoms with Gasteiger partial charge >= 0.3 is 5.97 Å². The third-order valence-electron chi connectivity index (χ3n) is 1.21. The van der Waals surface area contributed by atoms with Gasteiger partial charge in [0.2, 0.25) is 0 Å². The minimum Gasteiger partial charge on any atom is -0.475 e. The first-order chi connectivity index (χ1) is 5.63. The maximum absolute atomic E-state index is 10.9. The molecule has 1 aromatic rings.